The molecular formula is C16H17ClN2. The Labute approximate surface area is 118 Å². The second-order valence-corrected chi connectivity index (χ2v) is 5.42. The van der Waals surface area contributed by atoms with E-state index in [2.05, 4.69) is 41.3 Å². The molecule has 0 radical (unpaired) electrons. The molecule has 98 valence electrons. The van der Waals surface area contributed by atoms with Crippen molar-refractivity contribution >= 4 is 11.6 Å². The molecule has 19 heavy (non-hydrogen) atoms. The van der Waals surface area contributed by atoms with E-state index in [1.165, 1.54) is 16.7 Å². The first-order valence-electron chi connectivity index (χ1n) is 6.54. The lowest BCUT2D eigenvalue weighted by atomic mass is 10.1. The smallest absolute Gasteiger partial charge is 0.0481 e. The van der Waals surface area contributed by atoms with Gasteiger partial charge in [0.25, 0.3) is 0 Å². The Morgan fingerprint density at radius 1 is 1.16 bits per heavy atom. The molecule has 0 aromatic heterocycles. The van der Waals surface area contributed by atoms with E-state index in [4.69, 9.17) is 17.3 Å². The number of nitrogens with zero attached hydrogens (tertiary/aromatic N) is 1. The van der Waals surface area contributed by atoms with Crippen LogP contribution >= 0.6 is 11.6 Å². The predicted octanol–water partition coefficient (Wildman–Crippen LogP) is 3.36. The number of fused-ring (bicyclic) bond motifs is 1. The van der Waals surface area contributed by atoms with Crippen molar-refractivity contribution in [1.29, 1.82) is 0 Å². The van der Waals surface area contributed by atoms with Crippen LogP contribution in [0.25, 0.3) is 0 Å². The van der Waals surface area contributed by atoms with Crippen LogP contribution in [-0.2, 0) is 13.1 Å². The summed E-state index contributed by atoms with van der Waals surface area (Å²) < 4.78 is 0. The predicted molar refractivity (Wildman–Crippen MR) is 78.9 cm³/mol. The zero-order chi connectivity index (χ0) is 13.2. The average molecular weight is 273 g/mol. The van der Waals surface area contributed by atoms with Gasteiger partial charge in [-0.2, -0.15) is 0 Å². The molecule has 0 spiro atoms. The summed E-state index contributed by atoms with van der Waals surface area (Å²) in [6, 6.07) is 16.9. The van der Waals surface area contributed by atoms with Gasteiger partial charge in [0.05, 0.1) is 0 Å². The number of rotatable bonds is 3. The summed E-state index contributed by atoms with van der Waals surface area (Å²) in [4.78, 5) is 2.41. The van der Waals surface area contributed by atoms with E-state index in [-0.39, 0.29) is 6.04 Å². The van der Waals surface area contributed by atoms with Crippen LogP contribution in [0.2, 0.25) is 5.02 Å². The largest absolute Gasteiger partial charge is 0.329 e. The van der Waals surface area contributed by atoms with E-state index in [0.29, 0.717) is 6.54 Å². The normalized spacial score (nSPS) is 18.5. The molecule has 1 aliphatic heterocycles. The molecule has 0 bridgehead atoms. The van der Waals surface area contributed by atoms with Crippen LogP contribution in [0.15, 0.2) is 48.5 Å². The fraction of sp³-hybridized carbons (Fsp3) is 0.250. The van der Waals surface area contributed by atoms with Gasteiger partial charge in [-0.15, -0.1) is 0 Å². The maximum Gasteiger partial charge on any atom is 0.0481 e. The minimum atomic E-state index is 0.272. The van der Waals surface area contributed by atoms with Gasteiger partial charge in [0, 0.05) is 30.7 Å². The molecule has 0 saturated carbocycles. The molecule has 3 heteroatoms. The Balaban J connectivity index is 1.85. The van der Waals surface area contributed by atoms with E-state index in [0.717, 1.165) is 18.1 Å². The summed E-state index contributed by atoms with van der Waals surface area (Å²) in [7, 11) is 0. The minimum absolute atomic E-state index is 0.272. The van der Waals surface area contributed by atoms with E-state index in [1.807, 2.05) is 12.1 Å². The number of hydrogen-bond donors (Lipinski definition) is 1. The van der Waals surface area contributed by atoms with Gasteiger partial charge in [0.1, 0.15) is 0 Å². The Morgan fingerprint density at radius 2 is 1.95 bits per heavy atom. The third-order valence-corrected chi connectivity index (χ3v) is 3.97. The number of nitrogens with two attached hydrogens (primary N) is 1. The summed E-state index contributed by atoms with van der Waals surface area (Å²) in [5, 5.41) is 0.791. The average Bonchev–Trinajstić information content (AvgIpc) is 2.76. The van der Waals surface area contributed by atoms with Crippen molar-refractivity contribution in [2.24, 2.45) is 5.73 Å². The van der Waals surface area contributed by atoms with E-state index >= 15 is 0 Å². The maximum absolute atomic E-state index is 6.09. The monoisotopic (exact) mass is 272 g/mol. The van der Waals surface area contributed by atoms with Crippen LogP contribution in [0.3, 0.4) is 0 Å². The molecule has 3 rings (SSSR count). The van der Waals surface area contributed by atoms with Crippen molar-refractivity contribution in [2.75, 3.05) is 6.54 Å². The molecule has 0 fully saturated rings. The second kappa shape index (κ2) is 5.33. The molecule has 2 aromatic carbocycles. The van der Waals surface area contributed by atoms with Crippen LogP contribution < -0.4 is 5.73 Å². The zero-order valence-electron chi connectivity index (χ0n) is 10.7. The summed E-state index contributed by atoms with van der Waals surface area (Å²) in [6.45, 7) is 2.50. The molecule has 0 amide bonds. The summed E-state index contributed by atoms with van der Waals surface area (Å²) in [6.07, 6.45) is 0. The topological polar surface area (TPSA) is 29.3 Å². The lowest BCUT2D eigenvalue weighted by Gasteiger charge is -2.23. The number of benzene rings is 2. The summed E-state index contributed by atoms with van der Waals surface area (Å²) in [5.74, 6) is 0. The Bertz CT molecular complexity index is 568. The first-order valence-corrected chi connectivity index (χ1v) is 6.92. The summed E-state index contributed by atoms with van der Waals surface area (Å²) >= 11 is 6.09. The zero-order valence-corrected chi connectivity index (χ0v) is 11.5. The van der Waals surface area contributed by atoms with E-state index < -0.39 is 0 Å². The first-order chi connectivity index (χ1) is 9.28. The first kappa shape index (κ1) is 12.7. The van der Waals surface area contributed by atoms with Gasteiger partial charge in [-0.05, 0) is 28.8 Å². The standard InChI is InChI=1S/C16H17ClN2/c17-14-7-6-13-11-19(16(9-18)15(13)8-14)10-12-4-2-1-3-5-12/h1-8,16H,9-11,18H2. The van der Waals surface area contributed by atoms with Crippen molar-refractivity contribution in [3.63, 3.8) is 0 Å². The Kier molecular flexibility index (Phi) is 3.56. The Morgan fingerprint density at radius 3 is 2.68 bits per heavy atom. The highest BCUT2D eigenvalue weighted by Gasteiger charge is 2.28. The van der Waals surface area contributed by atoms with Crippen molar-refractivity contribution in [3.05, 3.63) is 70.2 Å². The molecule has 0 aliphatic carbocycles. The van der Waals surface area contributed by atoms with E-state index in [9.17, 15) is 0 Å². The molecule has 2 nitrogen and oxygen atoms in total. The molecule has 2 N–H and O–H groups in total. The van der Waals surface area contributed by atoms with Gasteiger partial charge in [0.2, 0.25) is 0 Å². The maximum atomic E-state index is 6.09. The molecular weight excluding hydrogens is 256 g/mol. The lowest BCUT2D eigenvalue weighted by Crippen LogP contribution is -2.27. The second-order valence-electron chi connectivity index (χ2n) is 4.99. The van der Waals surface area contributed by atoms with Crippen molar-refractivity contribution in [1.82, 2.24) is 4.90 Å². The molecule has 0 saturated heterocycles. The highest BCUT2D eigenvalue weighted by molar-refractivity contribution is 6.30. The fourth-order valence-electron chi connectivity index (χ4n) is 2.81. The van der Waals surface area contributed by atoms with Gasteiger partial charge in [-0.3, -0.25) is 4.90 Å². The van der Waals surface area contributed by atoms with Gasteiger partial charge >= 0.3 is 0 Å². The molecule has 1 atom stereocenters. The van der Waals surface area contributed by atoms with Crippen molar-refractivity contribution < 1.29 is 0 Å². The van der Waals surface area contributed by atoms with Gasteiger partial charge in [-0.1, -0.05) is 48.0 Å². The molecule has 1 unspecified atom stereocenters. The molecule has 2 aromatic rings. The Hall–Kier alpha value is -1.35. The third kappa shape index (κ3) is 2.52. The minimum Gasteiger partial charge on any atom is -0.329 e. The van der Waals surface area contributed by atoms with Gasteiger partial charge < -0.3 is 5.73 Å². The highest BCUT2D eigenvalue weighted by Crippen LogP contribution is 2.35. The quantitative estimate of drug-likeness (QED) is 0.928. The van der Waals surface area contributed by atoms with Crippen LogP contribution in [0, 0.1) is 0 Å². The molecule has 1 aliphatic rings. The van der Waals surface area contributed by atoms with E-state index in [1.54, 1.807) is 0 Å². The highest BCUT2D eigenvalue weighted by atomic mass is 35.5. The van der Waals surface area contributed by atoms with Crippen molar-refractivity contribution in [2.45, 2.75) is 19.1 Å². The number of hydrogen-bond acceptors (Lipinski definition) is 2. The lowest BCUT2D eigenvalue weighted by molar-refractivity contribution is 0.211. The van der Waals surface area contributed by atoms with Crippen LogP contribution in [-0.4, -0.2) is 11.4 Å². The number of halogens is 1. The van der Waals surface area contributed by atoms with Crippen molar-refractivity contribution in [3.8, 4) is 0 Å². The van der Waals surface area contributed by atoms with Gasteiger partial charge in [-0.25, -0.2) is 0 Å². The van der Waals surface area contributed by atoms with Crippen LogP contribution in [0.5, 0.6) is 0 Å². The van der Waals surface area contributed by atoms with Crippen LogP contribution in [0.1, 0.15) is 22.7 Å². The third-order valence-electron chi connectivity index (χ3n) is 3.73. The molecule has 1 heterocycles. The summed E-state index contributed by atoms with van der Waals surface area (Å²) in [5.41, 5.74) is 9.90. The SMILES string of the molecule is NCC1c2cc(Cl)ccc2CN1Cc1ccccc1. The fourth-order valence-corrected chi connectivity index (χ4v) is 2.99. The van der Waals surface area contributed by atoms with Crippen LogP contribution in [0.4, 0.5) is 0 Å². The van der Waals surface area contributed by atoms with Gasteiger partial charge in [0.15, 0.2) is 0 Å².